The average molecular weight is 277 g/mol. The van der Waals surface area contributed by atoms with E-state index in [9.17, 15) is 9.90 Å². The molecule has 1 aromatic rings. The van der Waals surface area contributed by atoms with E-state index in [2.05, 4.69) is 6.07 Å². The van der Waals surface area contributed by atoms with E-state index in [4.69, 9.17) is 4.74 Å². The van der Waals surface area contributed by atoms with Crippen LogP contribution in [0.5, 0.6) is 0 Å². The first-order chi connectivity index (χ1) is 9.39. The predicted octanol–water partition coefficient (Wildman–Crippen LogP) is 2.86. The molecule has 0 bridgehead atoms. The van der Waals surface area contributed by atoms with Crippen molar-refractivity contribution in [3.05, 3.63) is 34.9 Å². The van der Waals surface area contributed by atoms with Crippen LogP contribution in [0.2, 0.25) is 0 Å². The van der Waals surface area contributed by atoms with Gasteiger partial charge in [0.05, 0.1) is 6.61 Å². The third-order valence-corrected chi connectivity index (χ3v) is 3.34. The first kappa shape index (κ1) is 14.9. The van der Waals surface area contributed by atoms with Gasteiger partial charge in [0.15, 0.2) is 0 Å². The molecular formula is C16H23NO3. The summed E-state index contributed by atoms with van der Waals surface area (Å²) in [5.74, 6) is 0. The van der Waals surface area contributed by atoms with Crippen LogP contribution < -0.4 is 0 Å². The molecule has 1 amide bonds. The van der Waals surface area contributed by atoms with Crippen LogP contribution in [-0.4, -0.2) is 28.2 Å². The Morgan fingerprint density at radius 2 is 2.10 bits per heavy atom. The fourth-order valence-electron chi connectivity index (χ4n) is 2.40. The second-order valence-electron chi connectivity index (χ2n) is 6.27. The van der Waals surface area contributed by atoms with Crippen LogP contribution in [0.1, 0.15) is 43.9 Å². The number of amides is 1. The molecule has 0 fully saturated rings. The SMILES string of the molecule is CC(C)(C)OC(=O)N1CCCc2ccc(CO)cc2C1. The highest BCUT2D eigenvalue weighted by Crippen LogP contribution is 2.22. The molecule has 4 nitrogen and oxygen atoms in total. The number of hydrogen-bond donors (Lipinski definition) is 1. The normalized spacial score (nSPS) is 15.5. The number of nitrogens with zero attached hydrogens (tertiary/aromatic N) is 1. The number of carbonyl (C=O) groups is 1. The highest BCUT2D eigenvalue weighted by molar-refractivity contribution is 5.68. The van der Waals surface area contributed by atoms with Crippen molar-refractivity contribution < 1.29 is 14.6 Å². The maximum absolute atomic E-state index is 12.2. The van der Waals surface area contributed by atoms with Crippen LogP contribution >= 0.6 is 0 Å². The van der Waals surface area contributed by atoms with Crippen LogP contribution in [-0.2, 0) is 24.3 Å². The predicted molar refractivity (Wildman–Crippen MR) is 77.3 cm³/mol. The van der Waals surface area contributed by atoms with E-state index in [1.807, 2.05) is 32.9 Å². The quantitative estimate of drug-likeness (QED) is 0.858. The van der Waals surface area contributed by atoms with Gasteiger partial charge in [-0.05, 0) is 50.3 Å². The van der Waals surface area contributed by atoms with Crippen molar-refractivity contribution in [1.29, 1.82) is 0 Å². The summed E-state index contributed by atoms with van der Waals surface area (Å²) in [6, 6.07) is 5.99. The van der Waals surface area contributed by atoms with Crippen molar-refractivity contribution in [1.82, 2.24) is 4.90 Å². The smallest absolute Gasteiger partial charge is 0.410 e. The second-order valence-corrected chi connectivity index (χ2v) is 6.27. The summed E-state index contributed by atoms with van der Waals surface area (Å²) in [5.41, 5.74) is 2.78. The fourth-order valence-corrected chi connectivity index (χ4v) is 2.40. The molecular weight excluding hydrogens is 254 g/mol. The van der Waals surface area contributed by atoms with Gasteiger partial charge in [0, 0.05) is 13.1 Å². The first-order valence-electron chi connectivity index (χ1n) is 7.08. The summed E-state index contributed by atoms with van der Waals surface area (Å²) in [6.45, 7) is 6.91. The monoisotopic (exact) mass is 277 g/mol. The molecule has 1 heterocycles. The lowest BCUT2D eigenvalue weighted by molar-refractivity contribution is 0.0237. The van der Waals surface area contributed by atoms with Crippen LogP contribution in [0.15, 0.2) is 18.2 Å². The number of carbonyl (C=O) groups excluding carboxylic acids is 1. The van der Waals surface area contributed by atoms with Crippen molar-refractivity contribution in [2.75, 3.05) is 6.54 Å². The molecule has 4 heteroatoms. The maximum atomic E-state index is 12.2. The van der Waals surface area contributed by atoms with Crippen LogP contribution in [0.3, 0.4) is 0 Å². The lowest BCUT2D eigenvalue weighted by atomic mass is 10.0. The van der Waals surface area contributed by atoms with Crippen LogP contribution in [0.25, 0.3) is 0 Å². The number of rotatable bonds is 1. The van der Waals surface area contributed by atoms with Gasteiger partial charge in [-0.2, -0.15) is 0 Å². The number of hydrogen-bond acceptors (Lipinski definition) is 3. The third kappa shape index (κ3) is 3.73. The van der Waals surface area contributed by atoms with E-state index in [1.54, 1.807) is 4.90 Å². The molecule has 2 rings (SSSR count). The van der Waals surface area contributed by atoms with Gasteiger partial charge >= 0.3 is 6.09 Å². The average Bonchev–Trinajstić information content (AvgIpc) is 2.57. The number of aliphatic hydroxyl groups excluding tert-OH is 1. The fraction of sp³-hybridized carbons (Fsp3) is 0.562. The van der Waals surface area contributed by atoms with Crippen molar-refractivity contribution in [3.8, 4) is 0 Å². The van der Waals surface area contributed by atoms with E-state index in [1.165, 1.54) is 5.56 Å². The van der Waals surface area contributed by atoms with Gasteiger partial charge < -0.3 is 14.7 Å². The number of fused-ring (bicyclic) bond motifs is 1. The van der Waals surface area contributed by atoms with Crippen LogP contribution in [0, 0.1) is 0 Å². The molecule has 110 valence electrons. The third-order valence-electron chi connectivity index (χ3n) is 3.34. The summed E-state index contributed by atoms with van der Waals surface area (Å²) in [7, 11) is 0. The highest BCUT2D eigenvalue weighted by atomic mass is 16.6. The molecule has 0 unspecified atom stereocenters. The number of aliphatic hydroxyl groups is 1. The Kier molecular flexibility index (Phi) is 4.33. The molecule has 0 radical (unpaired) electrons. The van der Waals surface area contributed by atoms with Gasteiger partial charge in [0.1, 0.15) is 5.60 Å². The number of ether oxygens (including phenoxy) is 1. The number of benzene rings is 1. The molecule has 1 aromatic carbocycles. The highest BCUT2D eigenvalue weighted by Gasteiger charge is 2.24. The minimum atomic E-state index is -0.473. The van der Waals surface area contributed by atoms with Gasteiger partial charge in [-0.1, -0.05) is 18.2 Å². The maximum Gasteiger partial charge on any atom is 0.410 e. The van der Waals surface area contributed by atoms with E-state index < -0.39 is 5.60 Å². The Morgan fingerprint density at radius 3 is 2.75 bits per heavy atom. The lowest BCUT2D eigenvalue weighted by Gasteiger charge is -2.26. The molecule has 1 aliphatic heterocycles. The second kappa shape index (κ2) is 5.83. The first-order valence-corrected chi connectivity index (χ1v) is 7.08. The summed E-state index contributed by atoms with van der Waals surface area (Å²) in [4.78, 5) is 13.9. The Morgan fingerprint density at radius 1 is 1.35 bits per heavy atom. The van der Waals surface area contributed by atoms with E-state index in [0.29, 0.717) is 13.1 Å². The minimum absolute atomic E-state index is 0.0275. The lowest BCUT2D eigenvalue weighted by Crippen LogP contribution is -2.36. The Labute approximate surface area is 120 Å². The van der Waals surface area contributed by atoms with Gasteiger partial charge in [0.2, 0.25) is 0 Å². The standard InChI is InChI=1S/C16H23NO3/c1-16(2,3)20-15(19)17-8-4-5-13-7-6-12(11-18)9-14(13)10-17/h6-7,9,18H,4-5,8,10-11H2,1-3H3. The van der Waals surface area contributed by atoms with E-state index in [0.717, 1.165) is 24.0 Å². The molecule has 0 spiro atoms. The molecule has 0 saturated heterocycles. The molecule has 0 saturated carbocycles. The summed E-state index contributed by atoms with van der Waals surface area (Å²) in [5, 5.41) is 9.23. The van der Waals surface area contributed by atoms with E-state index >= 15 is 0 Å². The largest absolute Gasteiger partial charge is 0.444 e. The molecule has 0 aliphatic carbocycles. The Hall–Kier alpha value is -1.55. The van der Waals surface area contributed by atoms with Crippen molar-refractivity contribution in [2.45, 2.75) is 52.4 Å². The Balaban J connectivity index is 2.16. The summed E-state index contributed by atoms with van der Waals surface area (Å²) in [6.07, 6.45) is 1.63. The van der Waals surface area contributed by atoms with E-state index in [-0.39, 0.29) is 12.7 Å². The van der Waals surface area contributed by atoms with Gasteiger partial charge in [-0.15, -0.1) is 0 Å². The van der Waals surface area contributed by atoms with Gasteiger partial charge in [-0.3, -0.25) is 0 Å². The molecule has 20 heavy (non-hydrogen) atoms. The topological polar surface area (TPSA) is 49.8 Å². The van der Waals surface area contributed by atoms with Crippen molar-refractivity contribution >= 4 is 6.09 Å². The van der Waals surface area contributed by atoms with Crippen LogP contribution in [0.4, 0.5) is 4.79 Å². The van der Waals surface area contributed by atoms with Gasteiger partial charge in [0.25, 0.3) is 0 Å². The Bertz CT molecular complexity index is 491. The minimum Gasteiger partial charge on any atom is -0.444 e. The molecule has 1 N–H and O–H groups in total. The molecule has 0 aromatic heterocycles. The summed E-state index contributed by atoms with van der Waals surface area (Å²) < 4.78 is 5.44. The zero-order valence-corrected chi connectivity index (χ0v) is 12.5. The van der Waals surface area contributed by atoms with Crippen molar-refractivity contribution in [3.63, 3.8) is 0 Å². The summed E-state index contributed by atoms with van der Waals surface area (Å²) >= 11 is 0. The zero-order valence-electron chi connectivity index (χ0n) is 12.5. The number of aryl methyl sites for hydroxylation is 1. The molecule has 0 atom stereocenters. The van der Waals surface area contributed by atoms with Crippen molar-refractivity contribution in [2.24, 2.45) is 0 Å². The van der Waals surface area contributed by atoms with Gasteiger partial charge in [-0.25, -0.2) is 4.79 Å². The molecule has 1 aliphatic rings. The zero-order chi connectivity index (χ0) is 14.8.